The van der Waals surface area contributed by atoms with Crippen LogP contribution in [0.4, 0.5) is 10.1 Å². The first-order valence-electron chi connectivity index (χ1n) is 6.72. The van der Waals surface area contributed by atoms with Crippen LogP contribution in [0.25, 0.3) is 11.0 Å². The number of nitrogens with zero attached hydrogens (tertiary/aromatic N) is 2. The smallest absolute Gasteiger partial charge is 0.343 e. The number of nitrogen functional groups attached to an aromatic ring is 1. The van der Waals surface area contributed by atoms with Crippen LogP contribution >= 0.6 is 0 Å². The van der Waals surface area contributed by atoms with Gasteiger partial charge in [0.25, 0.3) is 10.0 Å². The molecule has 1 heterocycles. The van der Waals surface area contributed by atoms with E-state index in [9.17, 15) is 17.6 Å². The lowest BCUT2D eigenvalue weighted by molar-refractivity contribution is 0.584. The standard InChI is InChI=1S/C15H14FN3O3S/c1-9-7-11(4-5-12(9)16)23(21,22)19-14-8-10(17)3-6-13(14)18(2)15(19)20/h3-8H,17H2,1-2H3. The molecule has 6 nitrogen and oxygen atoms in total. The van der Waals surface area contributed by atoms with Gasteiger partial charge in [-0.15, -0.1) is 0 Å². The molecule has 0 radical (unpaired) electrons. The number of hydrogen-bond donors (Lipinski definition) is 1. The highest BCUT2D eigenvalue weighted by molar-refractivity contribution is 7.90. The summed E-state index contributed by atoms with van der Waals surface area (Å²) in [4.78, 5) is 12.2. The van der Waals surface area contributed by atoms with Crippen LogP contribution in [-0.4, -0.2) is 17.0 Å². The number of anilines is 1. The van der Waals surface area contributed by atoms with Crippen molar-refractivity contribution in [3.8, 4) is 0 Å². The Morgan fingerprint density at radius 3 is 2.43 bits per heavy atom. The molecule has 8 heteroatoms. The van der Waals surface area contributed by atoms with E-state index in [2.05, 4.69) is 0 Å². The van der Waals surface area contributed by atoms with Gasteiger partial charge in [-0.2, -0.15) is 3.97 Å². The van der Waals surface area contributed by atoms with Crippen LogP contribution in [0.5, 0.6) is 0 Å². The van der Waals surface area contributed by atoms with Gasteiger partial charge in [0.15, 0.2) is 0 Å². The molecule has 120 valence electrons. The first-order chi connectivity index (χ1) is 10.7. The Hall–Kier alpha value is -2.61. The Balaban J connectivity index is 2.39. The van der Waals surface area contributed by atoms with Gasteiger partial charge >= 0.3 is 5.69 Å². The molecule has 0 saturated heterocycles. The molecule has 3 rings (SSSR count). The summed E-state index contributed by atoms with van der Waals surface area (Å²) in [5.74, 6) is -0.515. The van der Waals surface area contributed by atoms with Crippen LogP contribution in [0.3, 0.4) is 0 Å². The Morgan fingerprint density at radius 1 is 1.09 bits per heavy atom. The van der Waals surface area contributed by atoms with Crippen molar-refractivity contribution in [2.45, 2.75) is 11.8 Å². The minimum absolute atomic E-state index is 0.159. The minimum atomic E-state index is -4.17. The molecule has 2 N–H and O–H groups in total. The van der Waals surface area contributed by atoms with E-state index >= 15 is 0 Å². The third kappa shape index (κ3) is 2.22. The van der Waals surface area contributed by atoms with Crippen LogP contribution in [0, 0.1) is 12.7 Å². The largest absolute Gasteiger partial charge is 0.399 e. The van der Waals surface area contributed by atoms with Gasteiger partial charge < -0.3 is 5.73 Å². The van der Waals surface area contributed by atoms with Crippen molar-refractivity contribution in [1.29, 1.82) is 0 Å². The Morgan fingerprint density at radius 2 is 1.78 bits per heavy atom. The molecule has 0 spiro atoms. The summed E-state index contributed by atoms with van der Waals surface area (Å²) in [6, 6.07) is 7.98. The van der Waals surface area contributed by atoms with Gasteiger partial charge in [0, 0.05) is 12.7 Å². The maximum Gasteiger partial charge on any atom is 0.343 e. The lowest BCUT2D eigenvalue weighted by Gasteiger charge is -2.07. The van der Waals surface area contributed by atoms with E-state index in [0.29, 0.717) is 15.2 Å². The van der Waals surface area contributed by atoms with Crippen molar-refractivity contribution in [2.75, 3.05) is 5.73 Å². The second-order valence-corrected chi connectivity index (χ2v) is 7.06. The van der Waals surface area contributed by atoms with E-state index in [4.69, 9.17) is 5.73 Å². The molecule has 0 bridgehead atoms. The third-order valence-electron chi connectivity index (χ3n) is 3.71. The molecule has 2 aromatic carbocycles. The number of nitrogens with two attached hydrogens (primary N) is 1. The van der Waals surface area contributed by atoms with Crippen LogP contribution < -0.4 is 11.4 Å². The zero-order valence-corrected chi connectivity index (χ0v) is 13.3. The Kier molecular flexibility index (Phi) is 3.29. The molecule has 23 heavy (non-hydrogen) atoms. The van der Waals surface area contributed by atoms with E-state index in [0.717, 1.165) is 12.1 Å². The fourth-order valence-corrected chi connectivity index (χ4v) is 3.95. The van der Waals surface area contributed by atoms with Crippen LogP contribution in [0.1, 0.15) is 5.56 Å². The predicted molar refractivity (Wildman–Crippen MR) is 85.3 cm³/mol. The van der Waals surface area contributed by atoms with Gasteiger partial charge in [-0.1, -0.05) is 0 Å². The van der Waals surface area contributed by atoms with Crippen LogP contribution in [0.15, 0.2) is 46.1 Å². The average molecular weight is 335 g/mol. The van der Waals surface area contributed by atoms with Crippen molar-refractivity contribution in [3.05, 3.63) is 58.3 Å². The lowest BCUT2D eigenvalue weighted by Crippen LogP contribution is -2.28. The first-order valence-corrected chi connectivity index (χ1v) is 8.16. The topological polar surface area (TPSA) is 87.1 Å². The van der Waals surface area contributed by atoms with Gasteiger partial charge in [-0.05, 0) is 48.9 Å². The summed E-state index contributed by atoms with van der Waals surface area (Å²) in [7, 11) is -2.70. The molecule has 0 aliphatic carbocycles. The molecule has 0 aliphatic heterocycles. The molecule has 0 amide bonds. The molecule has 0 fully saturated rings. The normalized spacial score (nSPS) is 12.0. The number of imidazole rings is 1. The number of hydrogen-bond acceptors (Lipinski definition) is 4. The fraction of sp³-hybridized carbons (Fsp3) is 0.133. The van der Waals surface area contributed by atoms with E-state index in [1.807, 2.05) is 0 Å². The summed E-state index contributed by atoms with van der Waals surface area (Å²) in [6.07, 6.45) is 0. The van der Waals surface area contributed by atoms with Gasteiger partial charge in [0.2, 0.25) is 0 Å². The predicted octanol–water partition coefficient (Wildman–Crippen LogP) is 1.61. The summed E-state index contributed by atoms with van der Waals surface area (Å²) in [6.45, 7) is 1.46. The average Bonchev–Trinajstić information content (AvgIpc) is 2.73. The van der Waals surface area contributed by atoms with Crippen molar-refractivity contribution in [3.63, 3.8) is 0 Å². The first kappa shape index (κ1) is 15.3. The summed E-state index contributed by atoms with van der Waals surface area (Å²) >= 11 is 0. The highest BCUT2D eigenvalue weighted by atomic mass is 32.2. The molecule has 0 saturated carbocycles. The number of fused-ring (bicyclic) bond motifs is 1. The molecule has 0 aliphatic rings. The summed E-state index contributed by atoms with van der Waals surface area (Å²) < 4.78 is 41.0. The monoisotopic (exact) mass is 335 g/mol. The van der Waals surface area contributed by atoms with E-state index in [1.165, 1.54) is 30.7 Å². The fourth-order valence-electron chi connectivity index (χ4n) is 2.44. The quantitative estimate of drug-likeness (QED) is 0.721. The van der Waals surface area contributed by atoms with Gasteiger partial charge in [-0.3, -0.25) is 4.57 Å². The highest BCUT2D eigenvalue weighted by Crippen LogP contribution is 2.22. The highest BCUT2D eigenvalue weighted by Gasteiger charge is 2.25. The Labute approximate surface area is 131 Å². The number of aromatic nitrogens is 2. The third-order valence-corrected chi connectivity index (χ3v) is 5.39. The summed E-state index contributed by atoms with van der Waals surface area (Å²) in [5.41, 5.74) is 6.13. The second kappa shape index (κ2) is 4.95. The second-order valence-electron chi connectivity index (χ2n) is 5.27. The maximum absolute atomic E-state index is 13.4. The summed E-state index contributed by atoms with van der Waals surface area (Å²) in [5, 5.41) is 0. The van der Waals surface area contributed by atoms with E-state index in [-0.39, 0.29) is 16.0 Å². The zero-order chi connectivity index (χ0) is 16.9. The molecule has 1 aromatic heterocycles. The van der Waals surface area contributed by atoms with Gasteiger partial charge in [0.1, 0.15) is 5.82 Å². The Bertz CT molecular complexity index is 1100. The number of rotatable bonds is 2. The van der Waals surface area contributed by atoms with Crippen molar-refractivity contribution < 1.29 is 12.8 Å². The zero-order valence-electron chi connectivity index (χ0n) is 12.4. The number of aryl methyl sites for hydroxylation is 2. The van der Waals surface area contributed by atoms with Crippen molar-refractivity contribution in [2.24, 2.45) is 7.05 Å². The number of benzene rings is 2. The van der Waals surface area contributed by atoms with Crippen molar-refractivity contribution >= 4 is 26.7 Å². The molecule has 3 aromatic rings. The van der Waals surface area contributed by atoms with Gasteiger partial charge in [0.05, 0.1) is 15.9 Å². The molecular formula is C15H14FN3O3S. The van der Waals surface area contributed by atoms with E-state index in [1.54, 1.807) is 12.1 Å². The minimum Gasteiger partial charge on any atom is -0.399 e. The van der Waals surface area contributed by atoms with Crippen LogP contribution in [-0.2, 0) is 17.1 Å². The van der Waals surface area contributed by atoms with E-state index < -0.39 is 21.5 Å². The molecule has 0 atom stereocenters. The van der Waals surface area contributed by atoms with Crippen molar-refractivity contribution in [1.82, 2.24) is 8.54 Å². The lowest BCUT2D eigenvalue weighted by atomic mass is 10.2. The van der Waals surface area contributed by atoms with Gasteiger partial charge in [-0.25, -0.2) is 17.6 Å². The SMILES string of the molecule is Cc1cc(S(=O)(=O)n2c(=O)n(C)c3ccc(N)cc32)ccc1F. The molecule has 0 unspecified atom stereocenters. The maximum atomic E-state index is 13.4. The molecular weight excluding hydrogens is 321 g/mol. The van der Waals surface area contributed by atoms with Crippen LogP contribution in [0.2, 0.25) is 0 Å². The number of halogens is 1.